The normalized spacial score (nSPS) is 17.4. The van der Waals surface area contributed by atoms with Crippen molar-refractivity contribution >= 4 is 17.3 Å². The van der Waals surface area contributed by atoms with E-state index < -0.39 is 11.2 Å². The summed E-state index contributed by atoms with van der Waals surface area (Å²) in [7, 11) is 0. The van der Waals surface area contributed by atoms with Crippen molar-refractivity contribution in [3.63, 3.8) is 0 Å². The summed E-state index contributed by atoms with van der Waals surface area (Å²) >= 11 is 5.87. The number of nitro benzene ring substituents is 1. The Morgan fingerprint density at radius 3 is 2.61 bits per heavy atom. The Balaban J connectivity index is 2.15. The maximum absolute atomic E-state index is 10.9. The number of hydrogen-bond acceptors (Lipinski definition) is 4. The molecule has 0 atom stereocenters. The lowest BCUT2D eigenvalue weighted by Gasteiger charge is -2.15. The van der Waals surface area contributed by atoms with Crippen LogP contribution in [0.5, 0.6) is 0 Å². The van der Waals surface area contributed by atoms with Crippen molar-refractivity contribution in [1.82, 2.24) is 0 Å². The molecule has 0 spiro atoms. The van der Waals surface area contributed by atoms with Gasteiger partial charge in [0.2, 0.25) is 0 Å². The van der Waals surface area contributed by atoms with Gasteiger partial charge in [0.25, 0.3) is 5.69 Å². The van der Waals surface area contributed by atoms with E-state index in [9.17, 15) is 10.1 Å². The van der Waals surface area contributed by atoms with Gasteiger partial charge in [0.1, 0.15) is 0 Å². The number of benzene rings is 1. The second kappa shape index (κ2) is 6.13. The van der Waals surface area contributed by atoms with E-state index >= 15 is 0 Å². The minimum absolute atomic E-state index is 0.0517. The van der Waals surface area contributed by atoms with Crippen molar-refractivity contribution in [3.05, 3.63) is 38.9 Å². The van der Waals surface area contributed by atoms with E-state index in [-0.39, 0.29) is 5.69 Å². The SMILES string of the molecule is O=[N+]([O-])c1ccc(Cl)cc1CC1OCCCCO1. The van der Waals surface area contributed by atoms with Gasteiger partial charge in [-0.25, -0.2) is 0 Å². The summed E-state index contributed by atoms with van der Waals surface area (Å²) in [5, 5.41) is 11.4. The second-order valence-electron chi connectivity index (χ2n) is 4.11. The van der Waals surface area contributed by atoms with Gasteiger partial charge >= 0.3 is 0 Å². The topological polar surface area (TPSA) is 61.6 Å². The maximum atomic E-state index is 10.9. The molecule has 1 saturated heterocycles. The molecule has 1 heterocycles. The van der Waals surface area contributed by atoms with Crippen molar-refractivity contribution in [2.75, 3.05) is 13.2 Å². The van der Waals surface area contributed by atoms with Crippen LogP contribution in [0.3, 0.4) is 0 Å². The highest BCUT2D eigenvalue weighted by atomic mass is 35.5. The van der Waals surface area contributed by atoms with Gasteiger partial charge in [-0.15, -0.1) is 0 Å². The standard InChI is InChI=1S/C12H14ClNO4/c13-10-3-4-11(14(15)16)9(7-10)8-12-17-5-1-2-6-18-12/h3-4,7,12H,1-2,5-6,8H2. The first-order chi connectivity index (χ1) is 8.66. The van der Waals surface area contributed by atoms with Gasteiger partial charge in [-0.3, -0.25) is 10.1 Å². The Morgan fingerprint density at radius 2 is 2.00 bits per heavy atom. The molecule has 0 bridgehead atoms. The molecular weight excluding hydrogens is 258 g/mol. The third-order valence-electron chi connectivity index (χ3n) is 2.77. The first kappa shape index (κ1) is 13.3. The predicted octanol–water partition coefficient (Wildman–Crippen LogP) is 2.94. The molecule has 0 saturated carbocycles. The fourth-order valence-corrected chi connectivity index (χ4v) is 2.07. The lowest BCUT2D eigenvalue weighted by molar-refractivity contribution is -0.385. The number of nitrogens with zero attached hydrogens (tertiary/aromatic N) is 1. The Kier molecular flexibility index (Phi) is 4.52. The van der Waals surface area contributed by atoms with Crippen LogP contribution in [0.2, 0.25) is 5.02 Å². The summed E-state index contributed by atoms with van der Waals surface area (Å²) in [5.41, 5.74) is 0.593. The zero-order valence-electron chi connectivity index (χ0n) is 9.80. The highest BCUT2D eigenvalue weighted by Gasteiger charge is 2.20. The van der Waals surface area contributed by atoms with Crippen LogP contribution in [0.15, 0.2) is 18.2 Å². The Hall–Kier alpha value is -1.17. The van der Waals surface area contributed by atoms with Crippen molar-refractivity contribution in [3.8, 4) is 0 Å². The van der Waals surface area contributed by atoms with Crippen LogP contribution in [0.4, 0.5) is 5.69 Å². The van der Waals surface area contributed by atoms with Gasteiger partial charge in [0, 0.05) is 36.3 Å². The third-order valence-corrected chi connectivity index (χ3v) is 3.01. The zero-order valence-corrected chi connectivity index (χ0v) is 10.6. The van der Waals surface area contributed by atoms with Gasteiger partial charge in [-0.1, -0.05) is 11.6 Å². The molecule has 0 aromatic heterocycles. The lowest BCUT2D eigenvalue weighted by Crippen LogP contribution is -2.19. The Bertz CT molecular complexity index is 430. The molecule has 0 N–H and O–H groups in total. The number of hydrogen-bond donors (Lipinski definition) is 0. The molecule has 2 rings (SSSR count). The zero-order chi connectivity index (χ0) is 13.0. The van der Waals surface area contributed by atoms with Crippen LogP contribution in [0.25, 0.3) is 0 Å². The molecule has 5 nitrogen and oxygen atoms in total. The first-order valence-electron chi connectivity index (χ1n) is 5.83. The van der Waals surface area contributed by atoms with Gasteiger partial charge in [0.05, 0.1) is 4.92 Å². The molecule has 1 aliphatic rings. The molecule has 6 heteroatoms. The third kappa shape index (κ3) is 3.41. The van der Waals surface area contributed by atoms with Crippen LogP contribution < -0.4 is 0 Å². The number of rotatable bonds is 3. The molecule has 0 radical (unpaired) electrons. The average molecular weight is 272 g/mol. The van der Waals surface area contributed by atoms with E-state index in [0.29, 0.717) is 30.2 Å². The first-order valence-corrected chi connectivity index (χ1v) is 6.20. The van der Waals surface area contributed by atoms with Crippen LogP contribution >= 0.6 is 11.6 Å². The molecule has 1 aromatic carbocycles. The fourth-order valence-electron chi connectivity index (χ4n) is 1.87. The second-order valence-corrected chi connectivity index (χ2v) is 4.55. The van der Waals surface area contributed by atoms with E-state index in [0.717, 1.165) is 12.8 Å². The molecule has 18 heavy (non-hydrogen) atoms. The van der Waals surface area contributed by atoms with E-state index in [1.165, 1.54) is 12.1 Å². The van der Waals surface area contributed by atoms with Crippen LogP contribution in [0.1, 0.15) is 18.4 Å². The van der Waals surface area contributed by atoms with Crippen molar-refractivity contribution in [1.29, 1.82) is 0 Å². The van der Waals surface area contributed by atoms with E-state index in [1.807, 2.05) is 0 Å². The quantitative estimate of drug-likeness (QED) is 0.626. The van der Waals surface area contributed by atoms with E-state index in [4.69, 9.17) is 21.1 Å². The summed E-state index contributed by atoms with van der Waals surface area (Å²) in [6.45, 7) is 1.25. The summed E-state index contributed by atoms with van der Waals surface area (Å²) in [5.74, 6) is 0. The van der Waals surface area contributed by atoms with Crippen molar-refractivity contribution < 1.29 is 14.4 Å². The molecular formula is C12H14ClNO4. The van der Waals surface area contributed by atoms with Gasteiger partial charge in [0.15, 0.2) is 6.29 Å². The summed E-state index contributed by atoms with van der Waals surface area (Å²) in [6.07, 6.45) is 1.82. The monoisotopic (exact) mass is 271 g/mol. The molecule has 98 valence electrons. The molecule has 1 fully saturated rings. The summed E-state index contributed by atoms with van der Waals surface area (Å²) in [6, 6.07) is 4.52. The van der Waals surface area contributed by atoms with Gasteiger partial charge < -0.3 is 9.47 Å². The van der Waals surface area contributed by atoms with Gasteiger partial charge in [-0.05, 0) is 25.0 Å². The van der Waals surface area contributed by atoms with Crippen molar-refractivity contribution in [2.45, 2.75) is 25.6 Å². The molecule has 1 aliphatic heterocycles. The fraction of sp³-hybridized carbons (Fsp3) is 0.500. The van der Waals surface area contributed by atoms with E-state index in [2.05, 4.69) is 0 Å². The smallest absolute Gasteiger partial charge is 0.272 e. The Labute approximate surface area is 110 Å². The number of halogens is 1. The largest absolute Gasteiger partial charge is 0.352 e. The van der Waals surface area contributed by atoms with Gasteiger partial charge in [-0.2, -0.15) is 0 Å². The Morgan fingerprint density at radius 1 is 1.33 bits per heavy atom. The highest BCUT2D eigenvalue weighted by molar-refractivity contribution is 6.30. The molecule has 0 amide bonds. The molecule has 1 aromatic rings. The maximum Gasteiger partial charge on any atom is 0.272 e. The summed E-state index contributed by atoms with van der Waals surface area (Å²) in [4.78, 5) is 10.5. The minimum atomic E-state index is -0.426. The average Bonchev–Trinajstić information content (AvgIpc) is 2.57. The molecule has 0 unspecified atom stereocenters. The summed E-state index contributed by atoms with van der Waals surface area (Å²) < 4.78 is 11.0. The highest BCUT2D eigenvalue weighted by Crippen LogP contribution is 2.25. The lowest BCUT2D eigenvalue weighted by atomic mass is 10.1. The molecule has 0 aliphatic carbocycles. The predicted molar refractivity (Wildman–Crippen MR) is 66.7 cm³/mol. The van der Waals surface area contributed by atoms with Crippen LogP contribution in [0, 0.1) is 10.1 Å². The van der Waals surface area contributed by atoms with Crippen LogP contribution in [-0.4, -0.2) is 24.4 Å². The number of ether oxygens (including phenoxy) is 2. The number of nitro groups is 1. The van der Waals surface area contributed by atoms with Crippen LogP contribution in [-0.2, 0) is 15.9 Å². The minimum Gasteiger partial charge on any atom is -0.352 e. The van der Waals surface area contributed by atoms with Crippen molar-refractivity contribution in [2.24, 2.45) is 0 Å². The van der Waals surface area contributed by atoms with E-state index in [1.54, 1.807) is 6.07 Å².